The van der Waals surface area contributed by atoms with E-state index < -0.39 is 0 Å². The number of aryl methyl sites for hydroxylation is 1. The maximum atomic E-state index is 5.22. The van der Waals surface area contributed by atoms with Crippen molar-refractivity contribution < 1.29 is 9.47 Å². The summed E-state index contributed by atoms with van der Waals surface area (Å²) < 4.78 is 10.3. The Morgan fingerprint density at radius 1 is 1.41 bits per heavy atom. The summed E-state index contributed by atoms with van der Waals surface area (Å²) in [6, 6.07) is 0.240. The number of rotatable bonds is 8. The molecule has 1 heterocycles. The fourth-order valence-corrected chi connectivity index (χ4v) is 2.73. The van der Waals surface area contributed by atoms with Crippen LogP contribution in [0.2, 0.25) is 0 Å². The summed E-state index contributed by atoms with van der Waals surface area (Å²) in [6.07, 6.45) is 0. The Morgan fingerprint density at radius 2 is 2.18 bits per heavy atom. The van der Waals surface area contributed by atoms with Crippen molar-refractivity contribution in [1.29, 1.82) is 0 Å². The van der Waals surface area contributed by atoms with E-state index in [0.29, 0.717) is 12.5 Å². The van der Waals surface area contributed by atoms with Gasteiger partial charge in [0, 0.05) is 37.8 Å². The van der Waals surface area contributed by atoms with Gasteiger partial charge in [0.05, 0.1) is 19.3 Å². The summed E-state index contributed by atoms with van der Waals surface area (Å²) >= 11 is 1.70. The van der Waals surface area contributed by atoms with Gasteiger partial charge in [0.15, 0.2) is 0 Å². The Labute approximate surface area is 107 Å². The first kappa shape index (κ1) is 14.6. The molecule has 0 radical (unpaired) electrons. The molecule has 0 spiro atoms. The number of methoxy groups -OCH3 is 2. The van der Waals surface area contributed by atoms with Gasteiger partial charge in [-0.05, 0) is 6.92 Å². The van der Waals surface area contributed by atoms with Gasteiger partial charge in [0.25, 0.3) is 0 Å². The van der Waals surface area contributed by atoms with E-state index in [4.69, 9.17) is 9.47 Å². The molecule has 1 aromatic rings. The number of nitrogens with zero attached hydrogens (tertiary/aromatic N) is 1. The largest absolute Gasteiger partial charge is 0.384 e. The van der Waals surface area contributed by atoms with Crippen LogP contribution in [0.4, 0.5) is 0 Å². The third kappa shape index (κ3) is 4.71. The molecule has 0 aliphatic rings. The quantitative estimate of drug-likeness (QED) is 0.724. The minimum Gasteiger partial charge on any atom is -0.384 e. The molecule has 98 valence electrons. The Morgan fingerprint density at radius 3 is 2.71 bits per heavy atom. The molecule has 5 heteroatoms. The second-order valence-electron chi connectivity index (χ2n) is 4.18. The molecule has 0 saturated carbocycles. The van der Waals surface area contributed by atoms with Gasteiger partial charge in [-0.3, -0.25) is 0 Å². The van der Waals surface area contributed by atoms with E-state index in [0.717, 1.165) is 23.9 Å². The third-order valence-electron chi connectivity index (χ3n) is 2.57. The molecule has 0 aliphatic heterocycles. The number of hydrogen-bond donors (Lipinski definition) is 1. The summed E-state index contributed by atoms with van der Waals surface area (Å²) in [5.74, 6) is 0.391. The topological polar surface area (TPSA) is 43.4 Å². The minimum absolute atomic E-state index is 0.240. The smallest absolute Gasteiger partial charge is 0.110 e. The SMILES string of the molecule is COCCNC(c1nc(C)cs1)C(C)COC. The average Bonchev–Trinajstić information content (AvgIpc) is 2.71. The lowest BCUT2D eigenvalue weighted by atomic mass is 10.0. The van der Waals surface area contributed by atoms with Gasteiger partial charge in [0.2, 0.25) is 0 Å². The molecule has 0 aromatic carbocycles. The van der Waals surface area contributed by atoms with Crippen molar-refractivity contribution >= 4 is 11.3 Å². The van der Waals surface area contributed by atoms with Gasteiger partial charge >= 0.3 is 0 Å². The van der Waals surface area contributed by atoms with Gasteiger partial charge < -0.3 is 14.8 Å². The van der Waals surface area contributed by atoms with Crippen LogP contribution in [0.5, 0.6) is 0 Å². The van der Waals surface area contributed by atoms with Crippen molar-refractivity contribution in [2.24, 2.45) is 5.92 Å². The summed E-state index contributed by atoms with van der Waals surface area (Å²) in [6.45, 7) is 6.45. The molecular formula is C12H22N2O2S. The number of ether oxygens (including phenoxy) is 2. The molecule has 0 aliphatic carbocycles. The van der Waals surface area contributed by atoms with Crippen molar-refractivity contribution in [2.75, 3.05) is 34.0 Å². The van der Waals surface area contributed by atoms with Crippen LogP contribution in [0, 0.1) is 12.8 Å². The van der Waals surface area contributed by atoms with Crippen molar-refractivity contribution in [3.63, 3.8) is 0 Å². The van der Waals surface area contributed by atoms with Crippen LogP contribution in [0.25, 0.3) is 0 Å². The monoisotopic (exact) mass is 258 g/mol. The van der Waals surface area contributed by atoms with Gasteiger partial charge in [-0.2, -0.15) is 0 Å². The maximum Gasteiger partial charge on any atom is 0.110 e. The highest BCUT2D eigenvalue weighted by molar-refractivity contribution is 7.09. The number of nitrogens with one attached hydrogen (secondary N) is 1. The van der Waals surface area contributed by atoms with E-state index >= 15 is 0 Å². The highest BCUT2D eigenvalue weighted by atomic mass is 32.1. The van der Waals surface area contributed by atoms with E-state index in [9.17, 15) is 0 Å². The third-order valence-corrected chi connectivity index (χ3v) is 3.62. The lowest BCUT2D eigenvalue weighted by Crippen LogP contribution is -2.31. The first-order valence-electron chi connectivity index (χ1n) is 5.82. The Bertz CT molecular complexity index is 317. The van der Waals surface area contributed by atoms with Crippen LogP contribution in [-0.2, 0) is 9.47 Å². The van der Waals surface area contributed by atoms with Crippen molar-refractivity contribution in [2.45, 2.75) is 19.9 Å². The van der Waals surface area contributed by atoms with E-state index in [1.54, 1.807) is 25.6 Å². The zero-order chi connectivity index (χ0) is 12.7. The van der Waals surface area contributed by atoms with Crippen LogP contribution < -0.4 is 5.32 Å². The van der Waals surface area contributed by atoms with Gasteiger partial charge in [-0.25, -0.2) is 4.98 Å². The van der Waals surface area contributed by atoms with Crippen LogP contribution in [0.3, 0.4) is 0 Å². The van der Waals surface area contributed by atoms with E-state index in [-0.39, 0.29) is 6.04 Å². The normalized spacial score (nSPS) is 14.8. The summed E-state index contributed by atoms with van der Waals surface area (Å²) in [7, 11) is 3.44. The zero-order valence-corrected chi connectivity index (χ0v) is 11.8. The van der Waals surface area contributed by atoms with Gasteiger partial charge in [-0.1, -0.05) is 6.92 Å². The lowest BCUT2D eigenvalue weighted by molar-refractivity contribution is 0.133. The standard InChI is InChI=1S/C12H22N2O2S/c1-9(7-16-4)11(13-5-6-15-3)12-14-10(2)8-17-12/h8-9,11,13H,5-7H2,1-4H3. The van der Waals surface area contributed by atoms with Gasteiger partial charge in [0.1, 0.15) is 5.01 Å². The van der Waals surface area contributed by atoms with Crippen molar-refractivity contribution in [3.8, 4) is 0 Å². The summed E-state index contributed by atoms with van der Waals surface area (Å²) in [5.41, 5.74) is 1.08. The molecule has 1 N–H and O–H groups in total. The molecule has 0 fully saturated rings. The lowest BCUT2D eigenvalue weighted by Gasteiger charge is -2.22. The second-order valence-corrected chi connectivity index (χ2v) is 5.07. The van der Waals surface area contributed by atoms with Crippen LogP contribution >= 0.6 is 11.3 Å². The van der Waals surface area contributed by atoms with Crippen molar-refractivity contribution in [1.82, 2.24) is 10.3 Å². The molecule has 0 amide bonds. The predicted molar refractivity (Wildman–Crippen MR) is 70.5 cm³/mol. The molecule has 0 bridgehead atoms. The van der Waals surface area contributed by atoms with Crippen LogP contribution in [0.1, 0.15) is 23.7 Å². The van der Waals surface area contributed by atoms with Crippen molar-refractivity contribution in [3.05, 3.63) is 16.1 Å². The second kappa shape index (κ2) is 7.76. The van der Waals surface area contributed by atoms with Gasteiger partial charge in [-0.15, -0.1) is 11.3 Å². The Balaban J connectivity index is 2.64. The summed E-state index contributed by atoms with van der Waals surface area (Å²) in [5, 5.41) is 6.69. The fourth-order valence-electron chi connectivity index (χ4n) is 1.72. The van der Waals surface area contributed by atoms with E-state index in [1.165, 1.54) is 0 Å². The zero-order valence-electron chi connectivity index (χ0n) is 11.0. The number of aromatic nitrogens is 1. The van der Waals surface area contributed by atoms with E-state index in [2.05, 4.69) is 22.6 Å². The molecule has 2 atom stereocenters. The first-order chi connectivity index (χ1) is 8.19. The predicted octanol–water partition coefficient (Wildman–Crippen LogP) is 2.01. The number of hydrogen-bond acceptors (Lipinski definition) is 5. The minimum atomic E-state index is 0.240. The molecule has 17 heavy (non-hydrogen) atoms. The molecule has 1 rings (SSSR count). The highest BCUT2D eigenvalue weighted by Gasteiger charge is 2.21. The molecular weight excluding hydrogens is 236 g/mol. The van der Waals surface area contributed by atoms with Crippen LogP contribution in [0.15, 0.2) is 5.38 Å². The fraction of sp³-hybridized carbons (Fsp3) is 0.750. The van der Waals surface area contributed by atoms with E-state index in [1.807, 2.05) is 6.92 Å². The highest BCUT2D eigenvalue weighted by Crippen LogP contribution is 2.25. The number of thiazole rings is 1. The molecule has 0 saturated heterocycles. The molecule has 4 nitrogen and oxygen atoms in total. The molecule has 1 aromatic heterocycles. The molecule has 2 unspecified atom stereocenters. The summed E-state index contributed by atoms with van der Waals surface area (Å²) in [4.78, 5) is 4.55. The Hall–Kier alpha value is -0.490. The van der Waals surface area contributed by atoms with Crippen LogP contribution in [-0.4, -0.2) is 39.0 Å². The average molecular weight is 258 g/mol. The maximum absolute atomic E-state index is 5.22. The first-order valence-corrected chi connectivity index (χ1v) is 6.70. The Kier molecular flexibility index (Phi) is 6.65.